The molecule has 0 amide bonds. The lowest BCUT2D eigenvalue weighted by Gasteiger charge is -2.12. The Hall–Kier alpha value is -2.04. The van der Waals surface area contributed by atoms with Gasteiger partial charge in [0, 0.05) is 12.5 Å². The second kappa shape index (κ2) is 5.53. The van der Waals surface area contributed by atoms with Crippen LogP contribution in [0.5, 0.6) is 5.75 Å². The summed E-state index contributed by atoms with van der Waals surface area (Å²) in [6.45, 7) is 0.337. The topological polar surface area (TPSA) is 44.8 Å². The maximum Gasteiger partial charge on any atom is 0.340 e. The van der Waals surface area contributed by atoms with Gasteiger partial charge in [-0.25, -0.2) is 9.18 Å². The molecule has 18 heavy (non-hydrogen) atoms. The summed E-state index contributed by atoms with van der Waals surface area (Å²) in [6.07, 6.45) is 4.26. The first-order valence-corrected chi connectivity index (χ1v) is 5.52. The maximum atomic E-state index is 13.6. The van der Waals surface area contributed by atoms with Crippen LogP contribution >= 0.6 is 0 Å². The molecule has 1 atom stereocenters. The Bertz CT molecular complexity index is 462. The fourth-order valence-corrected chi connectivity index (χ4v) is 1.59. The zero-order chi connectivity index (χ0) is 13.0. The van der Waals surface area contributed by atoms with Crippen LogP contribution in [-0.2, 0) is 9.47 Å². The van der Waals surface area contributed by atoms with Gasteiger partial charge in [-0.2, -0.15) is 0 Å². The molecule has 1 aromatic rings. The first-order valence-electron chi connectivity index (χ1n) is 5.52. The van der Waals surface area contributed by atoms with Gasteiger partial charge in [-0.3, -0.25) is 0 Å². The molecule has 0 N–H and O–H groups in total. The molecule has 1 aromatic carbocycles. The van der Waals surface area contributed by atoms with Gasteiger partial charge in [0.1, 0.15) is 24.3 Å². The van der Waals surface area contributed by atoms with Gasteiger partial charge in [0.25, 0.3) is 0 Å². The van der Waals surface area contributed by atoms with Gasteiger partial charge in [-0.15, -0.1) is 0 Å². The van der Waals surface area contributed by atoms with Crippen molar-refractivity contribution in [2.24, 2.45) is 0 Å². The van der Waals surface area contributed by atoms with Gasteiger partial charge in [-0.05, 0) is 18.2 Å². The van der Waals surface area contributed by atoms with Crippen molar-refractivity contribution in [3.8, 4) is 5.75 Å². The molecule has 0 saturated carbocycles. The number of rotatable bonds is 4. The fraction of sp³-hybridized carbons (Fsp3) is 0.308. The molecular formula is C13H13FO4. The molecule has 0 radical (unpaired) electrons. The van der Waals surface area contributed by atoms with Crippen LogP contribution in [0, 0.1) is 5.82 Å². The van der Waals surface area contributed by atoms with E-state index >= 15 is 0 Å². The Balaban J connectivity index is 1.97. The number of carbonyl (C=O) groups excluding carboxylic acids is 1. The van der Waals surface area contributed by atoms with E-state index in [1.807, 2.05) is 6.08 Å². The number of methoxy groups -OCH3 is 1. The van der Waals surface area contributed by atoms with Gasteiger partial charge < -0.3 is 14.2 Å². The molecular weight excluding hydrogens is 239 g/mol. The van der Waals surface area contributed by atoms with Crippen molar-refractivity contribution in [2.75, 3.05) is 13.7 Å². The summed E-state index contributed by atoms with van der Waals surface area (Å²) in [5.41, 5.74) is -0.108. The molecule has 1 aliphatic rings. The normalized spacial score (nSPS) is 17.3. The van der Waals surface area contributed by atoms with Crippen molar-refractivity contribution in [3.63, 3.8) is 0 Å². The van der Waals surface area contributed by atoms with Crippen molar-refractivity contribution >= 4 is 5.97 Å². The molecule has 1 aliphatic heterocycles. The van der Waals surface area contributed by atoms with E-state index in [2.05, 4.69) is 4.74 Å². The zero-order valence-corrected chi connectivity index (χ0v) is 9.89. The second-order valence-electron chi connectivity index (χ2n) is 3.81. The van der Waals surface area contributed by atoms with Gasteiger partial charge in [0.05, 0.1) is 18.9 Å². The third kappa shape index (κ3) is 2.80. The minimum Gasteiger partial charge on any atom is -0.494 e. The Morgan fingerprint density at radius 3 is 3.00 bits per heavy atom. The van der Waals surface area contributed by atoms with E-state index in [0.717, 1.165) is 12.5 Å². The minimum absolute atomic E-state index is 0.0339. The third-order valence-corrected chi connectivity index (χ3v) is 2.55. The number of halogens is 1. The molecule has 5 heteroatoms. The minimum atomic E-state index is -0.706. The molecule has 0 fully saturated rings. The summed E-state index contributed by atoms with van der Waals surface area (Å²) in [6, 6.07) is 4.02. The SMILES string of the molecule is COC(=O)c1ccc(OCC2CC=CO2)cc1F. The summed E-state index contributed by atoms with van der Waals surface area (Å²) in [5, 5.41) is 0. The van der Waals surface area contributed by atoms with E-state index in [0.29, 0.717) is 12.4 Å². The van der Waals surface area contributed by atoms with Crippen molar-refractivity contribution < 1.29 is 23.4 Å². The average Bonchev–Trinajstić information content (AvgIpc) is 2.88. The molecule has 0 aliphatic carbocycles. The summed E-state index contributed by atoms with van der Waals surface area (Å²) in [7, 11) is 1.20. The molecule has 1 unspecified atom stereocenters. The Labute approximate surface area is 104 Å². The largest absolute Gasteiger partial charge is 0.494 e. The third-order valence-electron chi connectivity index (χ3n) is 2.55. The van der Waals surface area contributed by atoms with Gasteiger partial charge >= 0.3 is 5.97 Å². The Morgan fingerprint density at radius 2 is 2.39 bits per heavy atom. The van der Waals surface area contributed by atoms with Crippen LogP contribution in [0.25, 0.3) is 0 Å². The lowest BCUT2D eigenvalue weighted by Crippen LogP contribution is -2.16. The van der Waals surface area contributed by atoms with Crippen molar-refractivity contribution in [3.05, 3.63) is 41.9 Å². The fourth-order valence-electron chi connectivity index (χ4n) is 1.59. The molecule has 0 spiro atoms. The predicted molar refractivity (Wildman–Crippen MR) is 61.9 cm³/mol. The molecule has 0 saturated heterocycles. The van der Waals surface area contributed by atoms with Crippen LogP contribution in [0.1, 0.15) is 16.8 Å². The Kier molecular flexibility index (Phi) is 3.82. The standard InChI is InChI=1S/C13H13FO4/c1-16-13(15)11-5-4-9(7-12(11)14)18-8-10-3-2-6-17-10/h2,4-7,10H,3,8H2,1H3. The summed E-state index contributed by atoms with van der Waals surface area (Å²) in [5.74, 6) is -1.01. The summed E-state index contributed by atoms with van der Waals surface area (Å²) >= 11 is 0. The maximum absolute atomic E-state index is 13.6. The van der Waals surface area contributed by atoms with Crippen LogP contribution in [0.4, 0.5) is 4.39 Å². The average molecular weight is 252 g/mol. The van der Waals surface area contributed by atoms with Gasteiger partial charge in [0.2, 0.25) is 0 Å². The van der Waals surface area contributed by atoms with Crippen LogP contribution in [-0.4, -0.2) is 25.8 Å². The van der Waals surface area contributed by atoms with Crippen LogP contribution in [0.15, 0.2) is 30.5 Å². The van der Waals surface area contributed by atoms with Crippen molar-refractivity contribution in [1.82, 2.24) is 0 Å². The van der Waals surface area contributed by atoms with Crippen LogP contribution in [0.3, 0.4) is 0 Å². The van der Waals surface area contributed by atoms with Crippen LogP contribution < -0.4 is 4.74 Å². The lowest BCUT2D eigenvalue weighted by molar-refractivity contribution is 0.0595. The van der Waals surface area contributed by atoms with Gasteiger partial charge in [-0.1, -0.05) is 0 Å². The monoisotopic (exact) mass is 252 g/mol. The van der Waals surface area contributed by atoms with Crippen LogP contribution in [0.2, 0.25) is 0 Å². The number of hydrogen-bond donors (Lipinski definition) is 0. The smallest absolute Gasteiger partial charge is 0.340 e. The molecule has 4 nitrogen and oxygen atoms in total. The van der Waals surface area contributed by atoms with E-state index in [1.165, 1.54) is 19.2 Å². The molecule has 0 bridgehead atoms. The highest BCUT2D eigenvalue weighted by atomic mass is 19.1. The summed E-state index contributed by atoms with van der Waals surface area (Å²) in [4.78, 5) is 11.2. The molecule has 0 aromatic heterocycles. The number of esters is 1. The van der Waals surface area contributed by atoms with E-state index < -0.39 is 11.8 Å². The first kappa shape index (κ1) is 12.4. The lowest BCUT2D eigenvalue weighted by atomic mass is 10.2. The highest BCUT2D eigenvalue weighted by Gasteiger charge is 2.15. The molecule has 96 valence electrons. The summed E-state index contributed by atoms with van der Waals surface area (Å²) < 4.78 is 28.6. The van der Waals surface area contributed by atoms with Crippen molar-refractivity contribution in [2.45, 2.75) is 12.5 Å². The molecule has 2 rings (SSSR count). The number of hydrogen-bond acceptors (Lipinski definition) is 4. The number of ether oxygens (including phenoxy) is 3. The van der Waals surface area contributed by atoms with Crippen molar-refractivity contribution in [1.29, 1.82) is 0 Å². The van der Waals surface area contributed by atoms with E-state index in [-0.39, 0.29) is 11.7 Å². The quantitative estimate of drug-likeness (QED) is 0.771. The highest BCUT2D eigenvalue weighted by molar-refractivity contribution is 5.89. The number of carbonyl (C=O) groups is 1. The number of benzene rings is 1. The second-order valence-corrected chi connectivity index (χ2v) is 3.81. The van der Waals surface area contributed by atoms with E-state index in [4.69, 9.17) is 9.47 Å². The highest BCUT2D eigenvalue weighted by Crippen LogP contribution is 2.19. The zero-order valence-electron chi connectivity index (χ0n) is 9.89. The predicted octanol–water partition coefficient (Wildman–Crippen LogP) is 2.29. The van der Waals surface area contributed by atoms with Gasteiger partial charge in [0.15, 0.2) is 0 Å². The van der Waals surface area contributed by atoms with E-state index in [9.17, 15) is 9.18 Å². The Morgan fingerprint density at radius 1 is 1.56 bits per heavy atom. The molecule has 1 heterocycles. The first-order chi connectivity index (χ1) is 8.70. The van der Waals surface area contributed by atoms with E-state index in [1.54, 1.807) is 6.26 Å².